The Morgan fingerprint density at radius 1 is 1.24 bits per heavy atom. The summed E-state index contributed by atoms with van der Waals surface area (Å²) in [5, 5.41) is 6.12. The van der Waals surface area contributed by atoms with Crippen molar-refractivity contribution in [2.75, 3.05) is 37.8 Å². The summed E-state index contributed by atoms with van der Waals surface area (Å²) in [6, 6.07) is 0. The van der Waals surface area contributed by atoms with Gasteiger partial charge in [-0.2, -0.15) is 0 Å². The Bertz CT molecular complexity index is 513. The quantitative estimate of drug-likeness (QED) is 0.715. The van der Waals surface area contributed by atoms with Crippen LogP contribution in [0.3, 0.4) is 0 Å². The number of nitrogen functional groups attached to an aromatic ring is 1. The second kappa shape index (κ2) is 7.87. The fraction of sp³-hybridized carbons (Fsp3) is 0.571. The molecule has 0 fully saturated rings. The Hall–Kier alpha value is -1.76. The molecule has 0 unspecified atom stereocenters. The first-order chi connectivity index (χ1) is 9.97. The molecule has 2 amide bonds. The van der Waals surface area contributed by atoms with Crippen LogP contribution in [-0.4, -0.2) is 39.0 Å². The zero-order valence-electron chi connectivity index (χ0n) is 13.1. The maximum atomic E-state index is 12.2. The summed E-state index contributed by atoms with van der Waals surface area (Å²) in [6.45, 7) is 5.42. The van der Waals surface area contributed by atoms with Gasteiger partial charge in [-0.15, -0.1) is 11.3 Å². The lowest BCUT2D eigenvalue weighted by Gasteiger charge is -2.17. The number of amides is 2. The standard InChI is InChI=1S/C14H24N4O2S/c1-5-7-17-13(20)11-10(15)9(12(19)16-3)14(21-11)18(4)8-6-2/h5-8,15H2,1-4H3,(H,16,19)(H,17,20). The topological polar surface area (TPSA) is 87.5 Å². The molecule has 1 rings (SSSR count). The SMILES string of the molecule is CCCNC(=O)c1sc(N(C)CCC)c(C(=O)NC)c1N. The van der Waals surface area contributed by atoms with Gasteiger partial charge in [0.05, 0.1) is 11.3 Å². The normalized spacial score (nSPS) is 10.3. The Morgan fingerprint density at radius 2 is 1.90 bits per heavy atom. The second-order valence-corrected chi connectivity index (χ2v) is 5.78. The highest BCUT2D eigenvalue weighted by atomic mass is 32.1. The van der Waals surface area contributed by atoms with E-state index in [0.29, 0.717) is 17.0 Å². The van der Waals surface area contributed by atoms with Crippen molar-refractivity contribution < 1.29 is 9.59 Å². The molecule has 1 aromatic rings. The Kier molecular flexibility index (Phi) is 6.48. The minimum absolute atomic E-state index is 0.222. The van der Waals surface area contributed by atoms with Crippen molar-refractivity contribution in [3.8, 4) is 0 Å². The van der Waals surface area contributed by atoms with Gasteiger partial charge in [0.1, 0.15) is 9.88 Å². The molecule has 1 heterocycles. The summed E-state index contributed by atoms with van der Waals surface area (Å²) in [4.78, 5) is 26.6. The number of nitrogens with one attached hydrogen (secondary N) is 2. The molecular formula is C14H24N4O2S. The summed E-state index contributed by atoms with van der Waals surface area (Å²) in [5.74, 6) is -0.489. The predicted octanol–water partition coefficient (Wildman–Crippen LogP) is 1.68. The summed E-state index contributed by atoms with van der Waals surface area (Å²) in [6.07, 6.45) is 1.79. The third-order valence-corrected chi connectivity index (χ3v) is 4.35. The summed E-state index contributed by atoms with van der Waals surface area (Å²) < 4.78 is 0. The zero-order chi connectivity index (χ0) is 16.0. The predicted molar refractivity (Wildman–Crippen MR) is 88.3 cm³/mol. The van der Waals surface area contributed by atoms with Gasteiger partial charge in [0, 0.05) is 27.2 Å². The number of thiophene rings is 1. The highest BCUT2D eigenvalue weighted by Gasteiger charge is 2.26. The molecule has 0 bridgehead atoms. The summed E-state index contributed by atoms with van der Waals surface area (Å²) in [5.41, 5.74) is 6.69. The van der Waals surface area contributed by atoms with Crippen molar-refractivity contribution in [1.82, 2.24) is 10.6 Å². The first-order valence-electron chi connectivity index (χ1n) is 7.11. The smallest absolute Gasteiger partial charge is 0.263 e. The van der Waals surface area contributed by atoms with Gasteiger partial charge in [0.2, 0.25) is 0 Å². The van der Waals surface area contributed by atoms with Crippen molar-refractivity contribution in [3.63, 3.8) is 0 Å². The molecule has 0 saturated heterocycles. The first-order valence-corrected chi connectivity index (χ1v) is 7.93. The number of nitrogens with zero attached hydrogens (tertiary/aromatic N) is 1. The lowest BCUT2D eigenvalue weighted by atomic mass is 10.2. The average Bonchev–Trinajstić information content (AvgIpc) is 2.82. The van der Waals surface area contributed by atoms with E-state index < -0.39 is 0 Å². The molecule has 0 aromatic carbocycles. The van der Waals surface area contributed by atoms with E-state index in [9.17, 15) is 9.59 Å². The van der Waals surface area contributed by atoms with Crippen LogP contribution in [-0.2, 0) is 0 Å². The third kappa shape index (κ3) is 3.87. The number of rotatable bonds is 7. The van der Waals surface area contributed by atoms with Gasteiger partial charge in [-0.1, -0.05) is 13.8 Å². The van der Waals surface area contributed by atoms with Crippen molar-refractivity contribution in [3.05, 3.63) is 10.4 Å². The molecule has 21 heavy (non-hydrogen) atoms. The first kappa shape index (κ1) is 17.3. The van der Waals surface area contributed by atoms with Gasteiger partial charge in [-0.05, 0) is 12.8 Å². The Labute approximate surface area is 129 Å². The molecule has 0 aliphatic rings. The van der Waals surface area contributed by atoms with Crippen LogP contribution in [0.5, 0.6) is 0 Å². The monoisotopic (exact) mass is 312 g/mol. The number of hydrogen-bond donors (Lipinski definition) is 3. The molecule has 6 nitrogen and oxygen atoms in total. The molecule has 7 heteroatoms. The van der Waals surface area contributed by atoms with Crippen LogP contribution in [0.1, 0.15) is 46.7 Å². The molecule has 0 aliphatic heterocycles. The van der Waals surface area contributed by atoms with E-state index in [4.69, 9.17) is 5.73 Å². The van der Waals surface area contributed by atoms with Crippen LogP contribution in [0.25, 0.3) is 0 Å². The molecule has 4 N–H and O–H groups in total. The van der Waals surface area contributed by atoms with Crippen LogP contribution < -0.4 is 21.3 Å². The molecule has 0 spiro atoms. The molecule has 0 aliphatic carbocycles. The maximum Gasteiger partial charge on any atom is 0.263 e. The highest BCUT2D eigenvalue weighted by Crippen LogP contribution is 2.37. The minimum atomic E-state index is -0.267. The van der Waals surface area contributed by atoms with Gasteiger partial charge in [-0.3, -0.25) is 9.59 Å². The second-order valence-electron chi connectivity index (χ2n) is 4.78. The Balaban J connectivity index is 3.23. The molecular weight excluding hydrogens is 288 g/mol. The third-order valence-electron chi connectivity index (χ3n) is 3.03. The molecule has 1 aromatic heterocycles. The molecule has 0 radical (unpaired) electrons. The van der Waals surface area contributed by atoms with E-state index in [1.165, 1.54) is 11.3 Å². The minimum Gasteiger partial charge on any atom is -0.397 e. The van der Waals surface area contributed by atoms with Gasteiger partial charge < -0.3 is 21.3 Å². The number of nitrogens with two attached hydrogens (primary N) is 1. The van der Waals surface area contributed by atoms with Crippen molar-refractivity contribution >= 4 is 33.8 Å². The maximum absolute atomic E-state index is 12.2. The van der Waals surface area contributed by atoms with Gasteiger partial charge >= 0.3 is 0 Å². The molecule has 0 saturated carbocycles. The van der Waals surface area contributed by atoms with Crippen LogP contribution in [0, 0.1) is 0 Å². The average molecular weight is 312 g/mol. The lowest BCUT2D eigenvalue weighted by Crippen LogP contribution is -2.25. The van der Waals surface area contributed by atoms with Crippen molar-refractivity contribution in [2.24, 2.45) is 0 Å². The van der Waals surface area contributed by atoms with E-state index >= 15 is 0 Å². The van der Waals surface area contributed by atoms with Gasteiger partial charge in [0.15, 0.2) is 0 Å². The lowest BCUT2D eigenvalue weighted by molar-refractivity contribution is 0.0957. The fourth-order valence-electron chi connectivity index (χ4n) is 1.97. The zero-order valence-corrected chi connectivity index (χ0v) is 13.9. The van der Waals surface area contributed by atoms with E-state index in [1.54, 1.807) is 7.05 Å². The van der Waals surface area contributed by atoms with E-state index in [-0.39, 0.29) is 17.5 Å². The van der Waals surface area contributed by atoms with E-state index in [2.05, 4.69) is 17.6 Å². The van der Waals surface area contributed by atoms with Crippen LogP contribution >= 0.6 is 11.3 Å². The van der Waals surface area contributed by atoms with E-state index in [1.807, 2.05) is 18.9 Å². The molecule has 0 atom stereocenters. The van der Waals surface area contributed by atoms with Crippen LogP contribution in [0.2, 0.25) is 0 Å². The number of anilines is 2. The Morgan fingerprint density at radius 3 is 2.43 bits per heavy atom. The van der Waals surface area contributed by atoms with Gasteiger partial charge in [-0.25, -0.2) is 0 Å². The van der Waals surface area contributed by atoms with Crippen molar-refractivity contribution in [1.29, 1.82) is 0 Å². The summed E-state index contributed by atoms with van der Waals surface area (Å²) >= 11 is 1.26. The van der Waals surface area contributed by atoms with Crippen molar-refractivity contribution in [2.45, 2.75) is 26.7 Å². The fourth-order valence-corrected chi connectivity index (χ4v) is 3.09. The van der Waals surface area contributed by atoms with Crippen LogP contribution in [0.15, 0.2) is 0 Å². The largest absolute Gasteiger partial charge is 0.397 e. The number of carbonyl (C=O) groups excluding carboxylic acids is 2. The number of hydrogen-bond acceptors (Lipinski definition) is 5. The number of carbonyl (C=O) groups is 2. The van der Waals surface area contributed by atoms with Crippen LogP contribution in [0.4, 0.5) is 10.7 Å². The van der Waals surface area contributed by atoms with Gasteiger partial charge in [0.25, 0.3) is 11.8 Å². The highest BCUT2D eigenvalue weighted by molar-refractivity contribution is 7.19. The molecule has 118 valence electrons. The van der Waals surface area contributed by atoms with E-state index in [0.717, 1.165) is 24.4 Å². The summed E-state index contributed by atoms with van der Waals surface area (Å²) in [7, 11) is 3.45.